The molecule has 1 aromatic heterocycles. The van der Waals surface area contributed by atoms with Gasteiger partial charge in [-0.1, -0.05) is 39.7 Å². The van der Waals surface area contributed by atoms with E-state index >= 15 is 0 Å². The van der Waals surface area contributed by atoms with Crippen LogP contribution in [0.3, 0.4) is 0 Å². The third-order valence-corrected chi connectivity index (χ3v) is 5.00. The highest BCUT2D eigenvalue weighted by molar-refractivity contribution is 9.10. The Labute approximate surface area is 183 Å². The highest BCUT2D eigenvalue weighted by Crippen LogP contribution is 2.26. The lowest BCUT2D eigenvalue weighted by Gasteiger charge is -2.14. The molecule has 29 heavy (non-hydrogen) atoms. The SMILES string of the molecule is Fc1cccc(Cl)c1COc1ccc(Br)cc1CNCCCOc1ccccn1. The zero-order valence-electron chi connectivity index (χ0n) is 15.7. The number of rotatable bonds is 10. The van der Waals surface area contributed by atoms with Crippen molar-refractivity contribution in [3.8, 4) is 11.6 Å². The Bertz CT molecular complexity index is 908. The van der Waals surface area contributed by atoms with Gasteiger partial charge in [-0.05, 0) is 49.4 Å². The molecule has 3 rings (SSSR count). The molecule has 0 fully saturated rings. The van der Waals surface area contributed by atoms with Gasteiger partial charge in [-0.25, -0.2) is 9.37 Å². The molecule has 1 heterocycles. The molecule has 7 heteroatoms. The van der Waals surface area contributed by atoms with E-state index in [2.05, 4.69) is 26.2 Å². The summed E-state index contributed by atoms with van der Waals surface area (Å²) < 4.78 is 26.3. The fraction of sp³-hybridized carbons (Fsp3) is 0.227. The zero-order chi connectivity index (χ0) is 20.5. The van der Waals surface area contributed by atoms with E-state index in [1.165, 1.54) is 6.07 Å². The van der Waals surface area contributed by atoms with Gasteiger partial charge in [0.1, 0.15) is 18.2 Å². The molecule has 0 spiro atoms. The van der Waals surface area contributed by atoms with Gasteiger partial charge in [-0.3, -0.25) is 0 Å². The van der Waals surface area contributed by atoms with E-state index < -0.39 is 0 Å². The van der Waals surface area contributed by atoms with Crippen molar-refractivity contribution in [2.45, 2.75) is 19.6 Å². The van der Waals surface area contributed by atoms with Gasteiger partial charge in [0, 0.05) is 34.4 Å². The molecule has 0 amide bonds. The molecule has 152 valence electrons. The van der Waals surface area contributed by atoms with E-state index in [9.17, 15) is 4.39 Å². The second kappa shape index (κ2) is 11.1. The van der Waals surface area contributed by atoms with E-state index in [0.29, 0.717) is 35.4 Å². The molecule has 0 aliphatic carbocycles. The molecule has 0 bridgehead atoms. The molecule has 4 nitrogen and oxygen atoms in total. The van der Waals surface area contributed by atoms with Crippen molar-refractivity contribution in [3.63, 3.8) is 0 Å². The third kappa shape index (κ3) is 6.70. The smallest absolute Gasteiger partial charge is 0.213 e. The normalized spacial score (nSPS) is 10.7. The summed E-state index contributed by atoms with van der Waals surface area (Å²) in [5.74, 6) is 0.939. The molecule has 0 aliphatic heterocycles. The molecule has 0 unspecified atom stereocenters. The fourth-order valence-corrected chi connectivity index (χ4v) is 3.30. The summed E-state index contributed by atoms with van der Waals surface area (Å²) in [5, 5.41) is 3.73. The van der Waals surface area contributed by atoms with Crippen molar-refractivity contribution in [1.82, 2.24) is 10.3 Å². The summed E-state index contributed by atoms with van der Waals surface area (Å²) in [7, 11) is 0. The number of nitrogens with zero attached hydrogens (tertiary/aromatic N) is 1. The van der Waals surface area contributed by atoms with Gasteiger partial charge < -0.3 is 14.8 Å². The van der Waals surface area contributed by atoms with Crippen LogP contribution in [-0.4, -0.2) is 18.1 Å². The number of pyridine rings is 1. The Morgan fingerprint density at radius 1 is 1.07 bits per heavy atom. The van der Waals surface area contributed by atoms with E-state index in [-0.39, 0.29) is 12.4 Å². The number of aromatic nitrogens is 1. The Morgan fingerprint density at radius 2 is 1.97 bits per heavy atom. The van der Waals surface area contributed by atoms with Crippen LogP contribution in [0.15, 0.2) is 65.3 Å². The van der Waals surface area contributed by atoms with Crippen LogP contribution in [0.5, 0.6) is 11.6 Å². The lowest BCUT2D eigenvalue weighted by Crippen LogP contribution is -2.18. The van der Waals surface area contributed by atoms with Crippen molar-refractivity contribution in [3.05, 3.63) is 87.2 Å². The van der Waals surface area contributed by atoms with Crippen molar-refractivity contribution in [1.29, 1.82) is 0 Å². The minimum absolute atomic E-state index is 0.0675. The summed E-state index contributed by atoms with van der Waals surface area (Å²) in [6.45, 7) is 2.04. The first kappa shape index (κ1) is 21.6. The van der Waals surface area contributed by atoms with Crippen molar-refractivity contribution >= 4 is 27.5 Å². The summed E-state index contributed by atoms with van der Waals surface area (Å²) in [4.78, 5) is 4.12. The van der Waals surface area contributed by atoms with Gasteiger partial charge in [0.05, 0.1) is 11.6 Å². The largest absolute Gasteiger partial charge is 0.488 e. The van der Waals surface area contributed by atoms with Crippen LogP contribution in [0.25, 0.3) is 0 Å². The first-order valence-electron chi connectivity index (χ1n) is 9.22. The van der Waals surface area contributed by atoms with Gasteiger partial charge in [0.25, 0.3) is 0 Å². The molecule has 1 N–H and O–H groups in total. The van der Waals surface area contributed by atoms with E-state index in [1.54, 1.807) is 18.3 Å². The van der Waals surface area contributed by atoms with Gasteiger partial charge in [-0.2, -0.15) is 0 Å². The molecule has 0 aliphatic rings. The molecule has 0 saturated carbocycles. The monoisotopic (exact) mass is 478 g/mol. The van der Waals surface area contributed by atoms with E-state index in [0.717, 1.165) is 23.0 Å². The summed E-state index contributed by atoms with van der Waals surface area (Å²) >= 11 is 9.56. The van der Waals surface area contributed by atoms with Crippen LogP contribution in [-0.2, 0) is 13.2 Å². The van der Waals surface area contributed by atoms with Crippen LogP contribution >= 0.6 is 27.5 Å². The number of ether oxygens (including phenoxy) is 2. The molecule has 3 aromatic rings. The molecular weight excluding hydrogens is 459 g/mol. The van der Waals surface area contributed by atoms with Crippen LogP contribution in [0, 0.1) is 5.82 Å². The molecule has 0 radical (unpaired) electrons. The van der Waals surface area contributed by atoms with Gasteiger partial charge in [-0.15, -0.1) is 0 Å². The van der Waals surface area contributed by atoms with Crippen LogP contribution in [0.4, 0.5) is 4.39 Å². The van der Waals surface area contributed by atoms with E-state index in [1.807, 2.05) is 36.4 Å². The zero-order valence-corrected chi connectivity index (χ0v) is 18.0. The quantitative estimate of drug-likeness (QED) is 0.375. The Balaban J connectivity index is 1.49. The minimum atomic E-state index is -0.373. The molecular formula is C22H21BrClFN2O2. The minimum Gasteiger partial charge on any atom is -0.488 e. The molecule has 0 saturated heterocycles. The first-order valence-corrected chi connectivity index (χ1v) is 10.4. The summed E-state index contributed by atoms with van der Waals surface area (Å²) in [5.41, 5.74) is 1.32. The highest BCUT2D eigenvalue weighted by atomic mass is 79.9. The number of benzene rings is 2. The number of hydrogen-bond donors (Lipinski definition) is 1. The van der Waals surface area contributed by atoms with Gasteiger partial charge in [0.15, 0.2) is 0 Å². The van der Waals surface area contributed by atoms with Crippen LogP contribution in [0.1, 0.15) is 17.5 Å². The van der Waals surface area contributed by atoms with Gasteiger partial charge >= 0.3 is 0 Å². The maximum absolute atomic E-state index is 14.0. The van der Waals surface area contributed by atoms with Crippen molar-refractivity contribution < 1.29 is 13.9 Å². The van der Waals surface area contributed by atoms with E-state index in [4.69, 9.17) is 21.1 Å². The van der Waals surface area contributed by atoms with Crippen LogP contribution < -0.4 is 14.8 Å². The average molecular weight is 480 g/mol. The van der Waals surface area contributed by atoms with Gasteiger partial charge in [0.2, 0.25) is 5.88 Å². The Morgan fingerprint density at radius 3 is 2.76 bits per heavy atom. The molecule has 0 atom stereocenters. The standard InChI is InChI=1S/C22H21BrClFN2O2/c23-17-8-9-21(29-15-18-19(24)5-3-6-20(18)25)16(13-17)14-26-10-4-12-28-22-7-1-2-11-27-22/h1-3,5-9,11,13,26H,4,10,12,14-15H2. The maximum atomic E-state index is 14.0. The van der Waals surface area contributed by atoms with Crippen molar-refractivity contribution in [2.75, 3.05) is 13.2 Å². The first-order chi connectivity index (χ1) is 14.1. The number of nitrogens with one attached hydrogen (secondary N) is 1. The van der Waals surface area contributed by atoms with Crippen molar-refractivity contribution in [2.24, 2.45) is 0 Å². The number of hydrogen-bond acceptors (Lipinski definition) is 4. The number of halogens is 3. The second-order valence-electron chi connectivity index (χ2n) is 6.29. The topological polar surface area (TPSA) is 43.4 Å². The molecule has 2 aromatic carbocycles. The summed E-state index contributed by atoms with van der Waals surface area (Å²) in [6.07, 6.45) is 2.54. The predicted octanol–water partition coefficient (Wildman–Crippen LogP) is 5.77. The third-order valence-electron chi connectivity index (χ3n) is 4.16. The lowest BCUT2D eigenvalue weighted by molar-refractivity contribution is 0.292. The average Bonchev–Trinajstić information content (AvgIpc) is 2.72. The second-order valence-corrected chi connectivity index (χ2v) is 7.61. The predicted molar refractivity (Wildman–Crippen MR) is 116 cm³/mol. The Hall–Kier alpha value is -2.15. The fourth-order valence-electron chi connectivity index (χ4n) is 2.68. The van der Waals surface area contributed by atoms with Crippen LogP contribution in [0.2, 0.25) is 5.02 Å². The maximum Gasteiger partial charge on any atom is 0.213 e. The Kier molecular flexibility index (Phi) is 8.28. The highest BCUT2D eigenvalue weighted by Gasteiger charge is 2.10. The summed E-state index contributed by atoms with van der Waals surface area (Å²) in [6, 6.07) is 15.9. The lowest BCUT2D eigenvalue weighted by atomic mass is 10.2.